The second-order valence-corrected chi connectivity index (χ2v) is 7.36. The third kappa shape index (κ3) is 3.09. The number of rotatable bonds is 4. The zero-order valence-corrected chi connectivity index (χ0v) is 14.5. The predicted molar refractivity (Wildman–Crippen MR) is 90.2 cm³/mol. The van der Waals surface area contributed by atoms with E-state index in [1.807, 2.05) is 24.3 Å². The highest BCUT2D eigenvalue weighted by Gasteiger charge is 2.55. The fourth-order valence-corrected chi connectivity index (χ4v) is 4.39. The third-order valence-corrected chi connectivity index (χ3v) is 5.99. The van der Waals surface area contributed by atoms with Gasteiger partial charge in [0.1, 0.15) is 0 Å². The number of benzene rings is 1. The van der Waals surface area contributed by atoms with Gasteiger partial charge in [0.25, 0.3) is 0 Å². The molecule has 0 aromatic heterocycles. The van der Waals surface area contributed by atoms with Gasteiger partial charge >= 0.3 is 12.0 Å². The normalized spacial score (nSPS) is 26.1. The SMILES string of the molecule is O=C(NCCc1ccccc1Br)N1C[C@@H]2CCC[C@@]2(C(=O)O)C1. The number of amides is 2. The topological polar surface area (TPSA) is 69.6 Å². The minimum absolute atomic E-state index is 0.106. The number of carboxylic acids is 1. The van der Waals surface area contributed by atoms with Crippen molar-refractivity contribution in [2.75, 3.05) is 19.6 Å². The molecule has 1 aromatic rings. The summed E-state index contributed by atoms with van der Waals surface area (Å²) in [6.45, 7) is 1.45. The lowest BCUT2D eigenvalue weighted by atomic mass is 9.81. The highest BCUT2D eigenvalue weighted by Crippen LogP contribution is 2.48. The fraction of sp³-hybridized carbons (Fsp3) is 0.529. The van der Waals surface area contributed by atoms with E-state index in [9.17, 15) is 14.7 Å². The minimum atomic E-state index is -0.747. The van der Waals surface area contributed by atoms with Crippen LogP contribution in [0.15, 0.2) is 28.7 Å². The molecule has 124 valence electrons. The average molecular weight is 381 g/mol. The van der Waals surface area contributed by atoms with Crippen LogP contribution in [-0.4, -0.2) is 41.6 Å². The Morgan fingerprint density at radius 3 is 2.87 bits per heavy atom. The first kappa shape index (κ1) is 16.3. The summed E-state index contributed by atoms with van der Waals surface area (Å²) in [6.07, 6.45) is 3.30. The molecular formula is C17H21BrN2O3. The summed E-state index contributed by atoms with van der Waals surface area (Å²) in [7, 11) is 0. The average Bonchev–Trinajstić information content (AvgIpc) is 3.07. The standard InChI is InChI=1S/C17H21BrN2O3/c18-14-6-2-1-4-12(14)7-9-19-16(23)20-10-13-5-3-8-17(13,11-20)15(21)22/h1-2,4,6,13H,3,5,7-11H2,(H,19,23)(H,21,22)/t13-,17+/m0/s1. The number of hydrogen-bond acceptors (Lipinski definition) is 2. The molecule has 23 heavy (non-hydrogen) atoms. The lowest BCUT2D eigenvalue weighted by Crippen LogP contribution is -2.42. The van der Waals surface area contributed by atoms with Gasteiger partial charge in [-0.15, -0.1) is 0 Å². The van der Waals surface area contributed by atoms with Gasteiger partial charge in [-0.3, -0.25) is 4.79 Å². The van der Waals surface area contributed by atoms with E-state index in [1.165, 1.54) is 0 Å². The fourth-order valence-electron chi connectivity index (χ4n) is 3.91. The summed E-state index contributed by atoms with van der Waals surface area (Å²) in [5.41, 5.74) is 0.438. The van der Waals surface area contributed by atoms with Crippen molar-refractivity contribution in [3.8, 4) is 0 Å². The monoisotopic (exact) mass is 380 g/mol. The molecule has 6 heteroatoms. The van der Waals surface area contributed by atoms with Crippen molar-refractivity contribution < 1.29 is 14.7 Å². The molecule has 2 N–H and O–H groups in total. The van der Waals surface area contributed by atoms with Gasteiger partial charge in [0.2, 0.25) is 0 Å². The zero-order valence-electron chi connectivity index (χ0n) is 12.9. The van der Waals surface area contributed by atoms with Crippen molar-refractivity contribution in [2.45, 2.75) is 25.7 Å². The number of carboxylic acid groups (broad SMARTS) is 1. The molecule has 3 rings (SSSR count). The molecule has 1 aliphatic heterocycles. The predicted octanol–water partition coefficient (Wildman–Crippen LogP) is 2.89. The van der Waals surface area contributed by atoms with Gasteiger partial charge < -0.3 is 15.3 Å². The molecule has 0 radical (unpaired) electrons. The summed E-state index contributed by atoms with van der Waals surface area (Å²) in [5.74, 6) is -0.641. The van der Waals surface area contributed by atoms with Crippen LogP contribution in [0, 0.1) is 11.3 Å². The van der Waals surface area contributed by atoms with E-state index in [-0.39, 0.29) is 11.9 Å². The third-order valence-electron chi connectivity index (χ3n) is 5.21. The summed E-state index contributed by atoms with van der Waals surface area (Å²) >= 11 is 3.50. The Kier molecular flexibility index (Phi) is 4.62. The van der Waals surface area contributed by atoms with Crippen molar-refractivity contribution in [2.24, 2.45) is 11.3 Å². The molecule has 0 spiro atoms. The first-order valence-electron chi connectivity index (χ1n) is 8.02. The number of fused-ring (bicyclic) bond motifs is 1. The second kappa shape index (κ2) is 6.51. The Balaban J connectivity index is 1.54. The molecule has 1 aliphatic carbocycles. The van der Waals surface area contributed by atoms with Crippen LogP contribution in [0.2, 0.25) is 0 Å². The van der Waals surface area contributed by atoms with Crippen LogP contribution >= 0.6 is 15.9 Å². The molecule has 2 amide bonds. The maximum absolute atomic E-state index is 12.3. The Morgan fingerprint density at radius 1 is 1.39 bits per heavy atom. The number of halogens is 1. The summed E-state index contributed by atoms with van der Waals surface area (Å²) in [6, 6.07) is 7.79. The van der Waals surface area contributed by atoms with Crippen LogP contribution in [0.5, 0.6) is 0 Å². The van der Waals surface area contributed by atoms with E-state index in [0.29, 0.717) is 26.1 Å². The molecule has 2 fully saturated rings. The summed E-state index contributed by atoms with van der Waals surface area (Å²) < 4.78 is 1.04. The zero-order chi connectivity index (χ0) is 16.4. The van der Waals surface area contributed by atoms with Crippen LogP contribution in [-0.2, 0) is 11.2 Å². The van der Waals surface area contributed by atoms with Crippen molar-refractivity contribution in [3.05, 3.63) is 34.3 Å². The smallest absolute Gasteiger partial charge is 0.317 e. The highest BCUT2D eigenvalue weighted by atomic mass is 79.9. The Hall–Kier alpha value is -1.56. The van der Waals surface area contributed by atoms with Gasteiger partial charge in [-0.1, -0.05) is 40.5 Å². The van der Waals surface area contributed by atoms with Crippen LogP contribution in [0.1, 0.15) is 24.8 Å². The number of carbonyl (C=O) groups is 2. The molecular weight excluding hydrogens is 360 g/mol. The van der Waals surface area contributed by atoms with Crippen LogP contribution < -0.4 is 5.32 Å². The van der Waals surface area contributed by atoms with Crippen LogP contribution in [0.3, 0.4) is 0 Å². The van der Waals surface area contributed by atoms with Crippen molar-refractivity contribution in [3.63, 3.8) is 0 Å². The Bertz CT molecular complexity index is 622. The van der Waals surface area contributed by atoms with Crippen molar-refractivity contribution in [1.29, 1.82) is 0 Å². The summed E-state index contributed by atoms with van der Waals surface area (Å²) in [4.78, 5) is 25.7. The second-order valence-electron chi connectivity index (χ2n) is 6.50. The molecule has 2 aliphatic rings. The van der Waals surface area contributed by atoms with Gasteiger partial charge in [0.05, 0.1) is 5.41 Å². The number of urea groups is 1. The van der Waals surface area contributed by atoms with E-state index >= 15 is 0 Å². The largest absolute Gasteiger partial charge is 0.481 e. The quantitative estimate of drug-likeness (QED) is 0.843. The van der Waals surface area contributed by atoms with E-state index in [2.05, 4.69) is 21.2 Å². The van der Waals surface area contributed by atoms with Gasteiger partial charge in [0, 0.05) is 24.1 Å². The molecule has 0 unspecified atom stereocenters. The van der Waals surface area contributed by atoms with Gasteiger partial charge in [-0.2, -0.15) is 0 Å². The lowest BCUT2D eigenvalue weighted by molar-refractivity contribution is -0.149. The van der Waals surface area contributed by atoms with Gasteiger partial charge in [-0.05, 0) is 36.8 Å². The number of aliphatic carboxylic acids is 1. The first-order chi connectivity index (χ1) is 11.0. The molecule has 1 saturated heterocycles. The van der Waals surface area contributed by atoms with Crippen molar-refractivity contribution >= 4 is 27.9 Å². The van der Waals surface area contributed by atoms with Gasteiger partial charge in [0.15, 0.2) is 0 Å². The Morgan fingerprint density at radius 2 is 2.17 bits per heavy atom. The molecule has 1 saturated carbocycles. The van der Waals surface area contributed by atoms with Crippen molar-refractivity contribution in [1.82, 2.24) is 10.2 Å². The number of likely N-dealkylation sites (tertiary alicyclic amines) is 1. The number of carbonyl (C=O) groups excluding carboxylic acids is 1. The van der Waals surface area contributed by atoms with E-state index in [1.54, 1.807) is 4.90 Å². The summed E-state index contributed by atoms with van der Waals surface area (Å²) in [5, 5.41) is 12.5. The first-order valence-corrected chi connectivity index (χ1v) is 8.82. The number of hydrogen-bond donors (Lipinski definition) is 2. The number of nitrogens with one attached hydrogen (secondary N) is 1. The van der Waals surface area contributed by atoms with Crippen LogP contribution in [0.4, 0.5) is 4.79 Å². The molecule has 0 bridgehead atoms. The van der Waals surface area contributed by atoms with E-state index < -0.39 is 11.4 Å². The molecule has 1 heterocycles. The Labute approximate surface area is 144 Å². The molecule has 5 nitrogen and oxygen atoms in total. The number of nitrogens with zero attached hydrogens (tertiary/aromatic N) is 1. The maximum Gasteiger partial charge on any atom is 0.317 e. The molecule has 2 atom stereocenters. The highest BCUT2D eigenvalue weighted by molar-refractivity contribution is 9.10. The lowest BCUT2D eigenvalue weighted by Gasteiger charge is -2.23. The van der Waals surface area contributed by atoms with Crippen LogP contribution in [0.25, 0.3) is 0 Å². The maximum atomic E-state index is 12.3. The van der Waals surface area contributed by atoms with E-state index in [4.69, 9.17) is 0 Å². The van der Waals surface area contributed by atoms with Gasteiger partial charge in [-0.25, -0.2) is 4.79 Å². The molecule has 1 aromatic carbocycles. The minimum Gasteiger partial charge on any atom is -0.481 e. The van der Waals surface area contributed by atoms with E-state index in [0.717, 1.165) is 29.3 Å².